The number of carbonyl (C=O) groups is 3. The van der Waals surface area contributed by atoms with E-state index in [1.807, 2.05) is 19.9 Å². The van der Waals surface area contributed by atoms with Gasteiger partial charge >= 0.3 is 12.0 Å². The molecule has 8 heteroatoms. The summed E-state index contributed by atoms with van der Waals surface area (Å²) in [4.78, 5) is 36.8. The van der Waals surface area contributed by atoms with Gasteiger partial charge in [0.1, 0.15) is 0 Å². The minimum absolute atomic E-state index is 0.00154. The lowest BCUT2D eigenvalue weighted by Crippen LogP contribution is -2.43. The third-order valence-electron chi connectivity index (χ3n) is 4.18. The summed E-state index contributed by atoms with van der Waals surface area (Å²) in [5.41, 5.74) is -0.262. The van der Waals surface area contributed by atoms with Crippen molar-refractivity contribution in [3.8, 4) is 12.3 Å². The number of esters is 1. The summed E-state index contributed by atoms with van der Waals surface area (Å²) < 4.78 is 6.15. The van der Waals surface area contributed by atoms with Crippen molar-refractivity contribution in [1.29, 1.82) is 0 Å². The normalized spacial score (nSPS) is 26.1. The fraction of sp³-hybridized carbons (Fsp3) is 0.533. The first-order valence-electron chi connectivity index (χ1n) is 6.96. The first kappa shape index (κ1) is 18.0. The Balaban J connectivity index is 2.11. The molecule has 124 valence electrons. The molecule has 1 N–H and O–H groups in total. The lowest BCUT2D eigenvalue weighted by atomic mass is 10.1. The minimum atomic E-state index is -1.07. The van der Waals surface area contributed by atoms with Gasteiger partial charge in [0.15, 0.2) is 6.23 Å². The van der Waals surface area contributed by atoms with E-state index < -0.39 is 24.1 Å². The van der Waals surface area contributed by atoms with Gasteiger partial charge in [0, 0.05) is 0 Å². The molecule has 3 amide bonds. The van der Waals surface area contributed by atoms with Gasteiger partial charge < -0.3 is 10.1 Å². The molecule has 1 saturated heterocycles. The van der Waals surface area contributed by atoms with Crippen molar-refractivity contribution in [2.45, 2.75) is 26.5 Å². The van der Waals surface area contributed by atoms with E-state index in [4.69, 9.17) is 11.2 Å². The Bertz CT molecular complexity index is 603. The maximum absolute atomic E-state index is 12.4. The molecule has 1 saturated carbocycles. The molecule has 0 aromatic carbocycles. The molecular weight excluding hydrogens is 432 g/mol. The molecule has 1 aliphatic carbocycles. The van der Waals surface area contributed by atoms with E-state index in [0.29, 0.717) is 0 Å². The second kappa shape index (κ2) is 6.65. The fourth-order valence-corrected chi connectivity index (χ4v) is 3.36. The SMILES string of the molecule is C#CCC(OC(=O)C1C(C=C(Br)Br)C1(C)C)N1C(=O)CNC1=O. The quantitative estimate of drug-likeness (QED) is 0.398. The van der Waals surface area contributed by atoms with E-state index in [9.17, 15) is 14.4 Å². The van der Waals surface area contributed by atoms with Gasteiger partial charge in [-0.05, 0) is 43.2 Å². The second-order valence-corrected chi connectivity index (χ2v) is 8.78. The van der Waals surface area contributed by atoms with Gasteiger partial charge in [0.2, 0.25) is 0 Å². The predicted molar refractivity (Wildman–Crippen MR) is 90.3 cm³/mol. The van der Waals surface area contributed by atoms with Gasteiger partial charge in [0.05, 0.1) is 22.3 Å². The standard InChI is InChI=1S/C15H16Br2N2O4/c1-4-5-11(19-10(20)7-18-14(19)22)23-13(21)12-8(6-9(16)17)15(12,2)3/h1,6,8,11-12H,5,7H2,2-3H3,(H,18,22). The Morgan fingerprint density at radius 2 is 2.22 bits per heavy atom. The third kappa shape index (κ3) is 3.61. The summed E-state index contributed by atoms with van der Waals surface area (Å²) in [5.74, 6) is 1.05. The van der Waals surface area contributed by atoms with Crippen LogP contribution in [0.1, 0.15) is 20.3 Å². The van der Waals surface area contributed by atoms with Crippen LogP contribution in [-0.2, 0) is 14.3 Å². The third-order valence-corrected chi connectivity index (χ3v) is 4.71. The van der Waals surface area contributed by atoms with Crippen LogP contribution in [0.25, 0.3) is 0 Å². The maximum atomic E-state index is 12.4. The molecule has 2 fully saturated rings. The Morgan fingerprint density at radius 3 is 2.70 bits per heavy atom. The average molecular weight is 448 g/mol. The van der Waals surface area contributed by atoms with Gasteiger partial charge in [-0.2, -0.15) is 0 Å². The van der Waals surface area contributed by atoms with E-state index in [1.165, 1.54) is 0 Å². The molecule has 0 spiro atoms. The monoisotopic (exact) mass is 446 g/mol. The number of urea groups is 1. The van der Waals surface area contributed by atoms with Crippen LogP contribution in [0.2, 0.25) is 0 Å². The van der Waals surface area contributed by atoms with Crippen LogP contribution in [0.3, 0.4) is 0 Å². The molecule has 3 unspecified atom stereocenters. The van der Waals surface area contributed by atoms with Gasteiger partial charge in [-0.15, -0.1) is 12.3 Å². The van der Waals surface area contributed by atoms with Gasteiger partial charge in [-0.25, -0.2) is 9.69 Å². The molecule has 23 heavy (non-hydrogen) atoms. The van der Waals surface area contributed by atoms with Gasteiger partial charge in [0.25, 0.3) is 5.91 Å². The summed E-state index contributed by atoms with van der Waals surface area (Å²) in [7, 11) is 0. The van der Waals surface area contributed by atoms with E-state index in [0.717, 1.165) is 8.29 Å². The van der Waals surface area contributed by atoms with Crippen LogP contribution in [0.15, 0.2) is 9.47 Å². The fourth-order valence-electron chi connectivity index (χ4n) is 2.79. The number of ether oxygens (including phenoxy) is 1. The zero-order chi connectivity index (χ0) is 17.4. The van der Waals surface area contributed by atoms with Crippen molar-refractivity contribution in [3.63, 3.8) is 0 Å². The zero-order valence-corrected chi connectivity index (χ0v) is 15.8. The number of amides is 3. The van der Waals surface area contributed by atoms with E-state index >= 15 is 0 Å². The molecule has 1 heterocycles. The number of hydrogen-bond acceptors (Lipinski definition) is 4. The first-order chi connectivity index (χ1) is 10.7. The Hall–Kier alpha value is -1.33. The summed E-state index contributed by atoms with van der Waals surface area (Å²) >= 11 is 6.56. The number of halogens is 2. The van der Waals surface area contributed by atoms with E-state index in [-0.39, 0.29) is 30.2 Å². The molecule has 2 aliphatic rings. The lowest BCUT2D eigenvalue weighted by molar-refractivity contribution is -0.161. The molecule has 2 rings (SSSR count). The van der Waals surface area contributed by atoms with Crippen molar-refractivity contribution in [3.05, 3.63) is 9.47 Å². The van der Waals surface area contributed by atoms with Crippen LogP contribution in [0, 0.1) is 29.6 Å². The van der Waals surface area contributed by atoms with Crippen LogP contribution < -0.4 is 5.32 Å². The van der Waals surface area contributed by atoms with Crippen LogP contribution in [0.5, 0.6) is 0 Å². The van der Waals surface area contributed by atoms with Crippen molar-refractivity contribution < 1.29 is 19.1 Å². The summed E-state index contributed by atoms with van der Waals surface area (Å²) in [6.45, 7) is 3.79. The van der Waals surface area contributed by atoms with Crippen molar-refractivity contribution in [1.82, 2.24) is 10.2 Å². The molecule has 0 aromatic heterocycles. The maximum Gasteiger partial charge on any atom is 0.327 e. The molecular formula is C15H16Br2N2O4. The van der Waals surface area contributed by atoms with Crippen LogP contribution in [-0.4, -0.2) is 35.6 Å². The minimum Gasteiger partial charge on any atom is -0.440 e. The topological polar surface area (TPSA) is 75.7 Å². The highest BCUT2D eigenvalue weighted by Crippen LogP contribution is 2.60. The number of nitrogens with one attached hydrogen (secondary N) is 1. The predicted octanol–water partition coefficient (Wildman–Crippen LogP) is 2.33. The molecule has 1 aliphatic heterocycles. The number of allylic oxidation sites excluding steroid dienone is 1. The number of carbonyl (C=O) groups excluding carboxylic acids is 3. The summed E-state index contributed by atoms with van der Waals surface area (Å²) in [5, 5.41) is 2.38. The van der Waals surface area contributed by atoms with Crippen LogP contribution in [0.4, 0.5) is 4.79 Å². The van der Waals surface area contributed by atoms with E-state index in [2.05, 4.69) is 43.1 Å². The largest absolute Gasteiger partial charge is 0.440 e. The Kier molecular flexibility index (Phi) is 5.21. The molecule has 6 nitrogen and oxygen atoms in total. The van der Waals surface area contributed by atoms with Gasteiger partial charge in [-0.1, -0.05) is 19.9 Å². The second-order valence-electron chi connectivity index (χ2n) is 6.00. The van der Waals surface area contributed by atoms with Gasteiger partial charge in [-0.3, -0.25) is 9.59 Å². The highest BCUT2D eigenvalue weighted by atomic mass is 79.9. The summed E-state index contributed by atoms with van der Waals surface area (Å²) in [6, 6.07) is -0.599. The average Bonchev–Trinajstić information content (AvgIpc) is 2.78. The first-order valence-corrected chi connectivity index (χ1v) is 8.55. The smallest absolute Gasteiger partial charge is 0.327 e. The highest BCUT2D eigenvalue weighted by Gasteiger charge is 2.62. The summed E-state index contributed by atoms with van der Waals surface area (Å²) in [6.07, 6.45) is 6.04. The number of imide groups is 1. The highest BCUT2D eigenvalue weighted by molar-refractivity contribution is 9.28. The Labute approximate surface area is 151 Å². The van der Waals surface area contributed by atoms with Crippen molar-refractivity contribution in [2.24, 2.45) is 17.3 Å². The Morgan fingerprint density at radius 1 is 1.57 bits per heavy atom. The van der Waals surface area contributed by atoms with Crippen LogP contribution >= 0.6 is 31.9 Å². The number of nitrogens with zero attached hydrogens (tertiary/aromatic N) is 1. The molecule has 0 aromatic rings. The number of terminal acetylenes is 1. The van der Waals surface area contributed by atoms with Crippen molar-refractivity contribution >= 4 is 49.8 Å². The zero-order valence-electron chi connectivity index (χ0n) is 12.6. The van der Waals surface area contributed by atoms with E-state index in [1.54, 1.807) is 0 Å². The molecule has 3 atom stereocenters. The number of hydrogen-bond donors (Lipinski definition) is 1. The molecule has 0 bridgehead atoms. The number of rotatable bonds is 5. The van der Waals surface area contributed by atoms with Crippen molar-refractivity contribution in [2.75, 3.05) is 6.54 Å². The lowest BCUT2D eigenvalue weighted by Gasteiger charge is -2.23. The molecule has 0 radical (unpaired) electrons.